The van der Waals surface area contributed by atoms with Crippen molar-refractivity contribution in [3.63, 3.8) is 0 Å². The molecule has 0 radical (unpaired) electrons. The Morgan fingerprint density at radius 1 is 1.43 bits per heavy atom. The number of hydrogen-bond donors (Lipinski definition) is 2. The zero-order valence-electron chi connectivity index (χ0n) is 12.5. The van der Waals surface area contributed by atoms with Gasteiger partial charge in [-0.05, 0) is 11.6 Å². The van der Waals surface area contributed by atoms with Crippen LogP contribution in [0.4, 0.5) is 5.69 Å². The van der Waals surface area contributed by atoms with Gasteiger partial charge in [0.15, 0.2) is 5.75 Å². The molecule has 0 aliphatic heterocycles. The van der Waals surface area contributed by atoms with E-state index < -0.39 is 4.92 Å². The minimum Gasteiger partial charge on any atom is -0.486 e. The number of nitro benzene ring substituents is 1. The second-order valence-electron chi connectivity index (χ2n) is 4.87. The van der Waals surface area contributed by atoms with Crippen molar-refractivity contribution in [2.75, 3.05) is 13.7 Å². The highest BCUT2D eigenvalue weighted by atomic mass is 16.6. The van der Waals surface area contributed by atoms with Crippen LogP contribution in [-0.2, 0) is 11.3 Å². The Morgan fingerprint density at radius 3 is 2.71 bits per heavy atom. The summed E-state index contributed by atoms with van der Waals surface area (Å²) in [5.74, 6) is 0.0160. The van der Waals surface area contributed by atoms with Crippen LogP contribution in [0.2, 0.25) is 0 Å². The summed E-state index contributed by atoms with van der Waals surface area (Å²) < 4.78 is 5.39. The van der Waals surface area contributed by atoms with Crippen molar-refractivity contribution in [1.29, 1.82) is 0 Å². The van der Waals surface area contributed by atoms with Crippen LogP contribution >= 0.6 is 0 Å². The van der Waals surface area contributed by atoms with Crippen LogP contribution < -0.4 is 15.4 Å². The summed E-state index contributed by atoms with van der Waals surface area (Å²) in [6.07, 6.45) is 0.155. The fraction of sp³-hybridized carbons (Fsp3) is 0.500. The highest BCUT2D eigenvalue weighted by Crippen LogP contribution is 2.28. The average Bonchev–Trinajstić information content (AvgIpc) is 2.44. The number of rotatable bonds is 8. The van der Waals surface area contributed by atoms with E-state index in [0.29, 0.717) is 12.6 Å². The summed E-state index contributed by atoms with van der Waals surface area (Å²) in [7, 11) is 1.53. The highest BCUT2D eigenvalue weighted by Gasteiger charge is 2.16. The monoisotopic (exact) mass is 295 g/mol. The third-order valence-electron chi connectivity index (χ3n) is 2.80. The van der Waals surface area contributed by atoms with E-state index >= 15 is 0 Å². The normalized spacial score (nSPS) is 10.5. The molecule has 116 valence electrons. The minimum atomic E-state index is -0.491. The second kappa shape index (κ2) is 8.21. The summed E-state index contributed by atoms with van der Waals surface area (Å²) >= 11 is 0. The van der Waals surface area contributed by atoms with Crippen LogP contribution in [0.1, 0.15) is 25.8 Å². The summed E-state index contributed by atoms with van der Waals surface area (Å²) in [5.41, 5.74) is 0.796. The summed E-state index contributed by atoms with van der Waals surface area (Å²) in [6.45, 7) is 4.74. The molecule has 0 saturated carbocycles. The molecule has 1 aromatic carbocycles. The van der Waals surface area contributed by atoms with E-state index in [4.69, 9.17) is 4.74 Å². The maximum atomic E-state index is 11.1. The zero-order valence-corrected chi connectivity index (χ0v) is 12.5. The minimum absolute atomic E-state index is 0.0970. The molecule has 0 aliphatic rings. The van der Waals surface area contributed by atoms with E-state index in [9.17, 15) is 14.9 Å². The lowest BCUT2D eigenvalue weighted by atomic mass is 10.2. The van der Waals surface area contributed by atoms with E-state index in [-0.39, 0.29) is 30.4 Å². The SMILES string of the molecule is CNC(=O)CCOc1cc(CNC(C)C)ccc1[N+](=O)[O-]. The largest absolute Gasteiger partial charge is 0.486 e. The van der Waals surface area contributed by atoms with Crippen LogP contribution in [-0.4, -0.2) is 30.5 Å². The van der Waals surface area contributed by atoms with Crippen molar-refractivity contribution < 1.29 is 14.5 Å². The van der Waals surface area contributed by atoms with Crippen LogP contribution in [0.5, 0.6) is 5.75 Å². The van der Waals surface area contributed by atoms with E-state index in [0.717, 1.165) is 5.56 Å². The van der Waals surface area contributed by atoms with Gasteiger partial charge in [0.1, 0.15) is 0 Å². The molecule has 0 aliphatic carbocycles. The van der Waals surface area contributed by atoms with Crippen molar-refractivity contribution >= 4 is 11.6 Å². The third-order valence-corrected chi connectivity index (χ3v) is 2.80. The molecule has 0 unspecified atom stereocenters. The number of ether oxygens (including phenoxy) is 1. The van der Waals surface area contributed by atoms with Gasteiger partial charge in [0.05, 0.1) is 18.0 Å². The van der Waals surface area contributed by atoms with Crippen molar-refractivity contribution in [1.82, 2.24) is 10.6 Å². The maximum absolute atomic E-state index is 11.1. The van der Waals surface area contributed by atoms with Crippen molar-refractivity contribution in [3.05, 3.63) is 33.9 Å². The maximum Gasteiger partial charge on any atom is 0.310 e. The number of carbonyl (C=O) groups excluding carboxylic acids is 1. The Hall–Kier alpha value is -2.15. The molecular formula is C14H21N3O4. The quantitative estimate of drug-likeness (QED) is 0.561. The first-order valence-corrected chi connectivity index (χ1v) is 6.78. The number of hydrogen-bond acceptors (Lipinski definition) is 5. The number of nitrogens with one attached hydrogen (secondary N) is 2. The summed E-state index contributed by atoms with van der Waals surface area (Å²) in [4.78, 5) is 21.6. The van der Waals surface area contributed by atoms with Crippen molar-refractivity contribution in [2.24, 2.45) is 0 Å². The van der Waals surface area contributed by atoms with Crippen molar-refractivity contribution in [3.8, 4) is 5.75 Å². The first-order chi connectivity index (χ1) is 9.93. The van der Waals surface area contributed by atoms with Crippen LogP contribution in [0.25, 0.3) is 0 Å². The van der Waals surface area contributed by atoms with Gasteiger partial charge in [0.25, 0.3) is 0 Å². The number of nitro groups is 1. The fourth-order valence-electron chi connectivity index (χ4n) is 1.64. The number of carbonyl (C=O) groups is 1. The molecule has 7 heteroatoms. The van der Waals surface area contributed by atoms with E-state index in [2.05, 4.69) is 10.6 Å². The lowest BCUT2D eigenvalue weighted by Gasteiger charge is -2.11. The number of amides is 1. The van der Waals surface area contributed by atoms with Gasteiger partial charge in [-0.2, -0.15) is 0 Å². The van der Waals surface area contributed by atoms with Gasteiger partial charge in [-0.15, -0.1) is 0 Å². The third kappa shape index (κ3) is 5.78. The Morgan fingerprint density at radius 2 is 2.14 bits per heavy atom. The topological polar surface area (TPSA) is 93.5 Å². The van der Waals surface area contributed by atoms with Crippen LogP contribution in [0, 0.1) is 10.1 Å². The molecule has 21 heavy (non-hydrogen) atoms. The first-order valence-electron chi connectivity index (χ1n) is 6.78. The number of nitrogens with zero attached hydrogens (tertiary/aromatic N) is 1. The van der Waals surface area contributed by atoms with Crippen LogP contribution in [0.3, 0.4) is 0 Å². The molecule has 0 bridgehead atoms. The van der Waals surface area contributed by atoms with Gasteiger partial charge < -0.3 is 15.4 Å². The number of benzene rings is 1. The molecule has 0 atom stereocenters. The lowest BCUT2D eigenvalue weighted by molar-refractivity contribution is -0.385. The smallest absolute Gasteiger partial charge is 0.310 e. The average molecular weight is 295 g/mol. The summed E-state index contributed by atoms with van der Waals surface area (Å²) in [5, 5.41) is 16.7. The molecule has 1 rings (SSSR count). The van der Waals surface area contributed by atoms with Gasteiger partial charge in [0, 0.05) is 25.7 Å². The molecule has 0 saturated heterocycles. The Labute approximate surface area is 123 Å². The molecule has 1 aromatic rings. The van der Waals surface area contributed by atoms with Gasteiger partial charge in [-0.25, -0.2) is 0 Å². The zero-order chi connectivity index (χ0) is 15.8. The molecule has 0 spiro atoms. The molecule has 0 fully saturated rings. The summed E-state index contributed by atoms with van der Waals surface area (Å²) in [6, 6.07) is 5.07. The molecule has 2 N–H and O–H groups in total. The van der Waals surface area contributed by atoms with Gasteiger partial charge in [0.2, 0.25) is 5.91 Å². The van der Waals surface area contributed by atoms with E-state index in [1.165, 1.54) is 13.1 Å². The van der Waals surface area contributed by atoms with Crippen molar-refractivity contribution in [2.45, 2.75) is 32.9 Å². The van der Waals surface area contributed by atoms with E-state index in [1.807, 2.05) is 13.8 Å². The predicted molar refractivity (Wildman–Crippen MR) is 79.3 cm³/mol. The second-order valence-corrected chi connectivity index (χ2v) is 4.87. The van der Waals surface area contributed by atoms with Crippen LogP contribution in [0.15, 0.2) is 18.2 Å². The molecular weight excluding hydrogens is 274 g/mol. The highest BCUT2D eigenvalue weighted by molar-refractivity contribution is 5.75. The van der Waals surface area contributed by atoms with Gasteiger partial charge in [-0.1, -0.05) is 19.9 Å². The molecule has 0 aromatic heterocycles. The fourth-order valence-corrected chi connectivity index (χ4v) is 1.64. The van der Waals surface area contributed by atoms with Gasteiger partial charge >= 0.3 is 5.69 Å². The Balaban J connectivity index is 2.78. The standard InChI is InChI=1S/C14H21N3O4/c1-10(2)16-9-11-4-5-12(17(19)20)13(8-11)21-7-6-14(18)15-3/h4-5,8,10,16H,6-7,9H2,1-3H3,(H,15,18). The predicted octanol–water partition coefficient (Wildman–Crippen LogP) is 1.61. The first kappa shape index (κ1) is 16.9. The van der Waals surface area contributed by atoms with E-state index in [1.54, 1.807) is 12.1 Å². The Bertz CT molecular complexity index is 503. The van der Waals surface area contributed by atoms with Gasteiger partial charge in [-0.3, -0.25) is 14.9 Å². The lowest BCUT2D eigenvalue weighted by Crippen LogP contribution is -2.22. The molecule has 1 amide bonds. The molecule has 0 heterocycles. The molecule has 7 nitrogen and oxygen atoms in total. The Kier molecular flexibility index (Phi) is 6.61.